The van der Waals surface area contributed by atoms with Gasteiger partial charge in [0.05, 0.1) is 104 Å². The number of hydrogen-bond acceptors (Lipinski definition) is 15. The summed E-state index contributed by atoms with van der Waals surface area (Å²) in [6, 6.07) is 30.0. The van der Waals surface area contributed by atoms with Crippen LogP contribution in [0.4, 0.5) is 42.9 Å². The standard InChI is InChI=1S/C18H15ClFN3O3.C18H16FN3O3.C18H17N3O3/c1-25-15-6-10-14(7-16(15)26-2)22-8-11(18(21)24)17(10)23-13-4-3-9(19)5-12(13)20;1-24-15-7-10-14(8-16(15)25-2)21-9-11(18(20)23)17(10)22-13-6-4-3-5-12(13)19;1-23-15-8-12-14(9-16(15)24-2)20-10-13(18(19)22)17(12)21-11-6-4-3-5-7-11/h3-8H,1-2H3,(H2,21,24)(H,22,23);3-9H,1-2H3,(H2,20,23)(H,21,22);3-10H,1-2H3,(H2,19,22)(H,20,21). The fourth-order valence-electron chi connectivity index (χ4n) is 7.61. The predicted octanol–water partition coefficient (Wildman–Crippen LogP) is 10.2. The molecule has 6 aromatic carbocycles. The maximum absolute atomic E-state index is 14.2. The molecule has 0 aliphatic rings. The van der Waals surface area contributed by atoms with Crippen LogP contribution in [0.15, 0.2) is 128 Å². The van der Waals surface area contributed by atoms with Crippen molar-refractivity contribution in [2.75, 3.05) is 58.6 Å². The van der Waals surface area contributed by atoms with Crippen molar-refractivity contribution < 1.29 is 51.6 Å². The van der Waals surface area contributed by atoms with Crippen molar-refractivity contribution in [2.24, 2.45) is 17.2 Å². The number of nitrogens with two attached hydrogens (primary N) is 3. The number of nitrogens with one attached hydrogen (secondary N) is 3. The van der Waals surface area contributed by atoms with E-state index in [0.29, 0.717) is 89.8 Å². The molecular weight excluding hydrogens is 992 g/mol. The van der Waals surface area contributed by atoms with Gasteiger partial charge in [0.15, 0.2) is 34.5 Å². The highest BCUT2D eigenvalue weighted by Gasteiger charge is 2.21. The van der Waals surface area contributed by atoms with Crippen molar-refractivity contribution in [3.63, 3.8) is 0 Å². The van der Waals surface area contributed by atoms with Crippen molar-refractivity contribution in [1.29, 1.82) is 0 Å². The van der Waals surface area contributed by atoms with E-state index in [1.807, 2.05) is 30.3 Å². The molecule has 0 bridgehead atoms. The number of primary amides is 3. The first-order valence-electron chi connectivity index (χ1n) is 22.2. The van der Waals surface area contributed by atoms with Gasteiger partial charge >= 0.3 is 0 Å². The van der Waals surface area contributed by atoms with Gasteiger partial charge in [-0.3, -0.25) is 29.3 Å². The first-order chi connectivity index (χ1) is 36.1. The quantitative estimate of drug-likeness (QED) is 0.0558. The van der Waals surface area contributed by atoms with Gasteiger partial charge in [0.1, 0.15) is 11.6 Å². The van der Waals surface area contributed by atoms with Crippen LogP contribution in [0.3, 0.4) is 0 Å². The lowest BCUT2D eigenvalue weighted by Crippen LogP contribution is -2.14. The van der Waals surface area contributed by atoms with Crippen LogP contribution in [-0.4, -0.2) is 75.3 Å². The highest BCUT2D eigenvalue weighted by atomic mass is 35.5. The summed E-state index contributed by atoms with van der Waals surface area (Å²) in [5.74, 6) is 0.0000938. The number of amides is 3. The minimum Gasteiger partial charge on any atom is -0.493 e. The smallest absolute Gasteiger partial charge is 0.252 e. The van der Waals surface area contributed by atoms with E-state index in [9.17, 15) is 23.2 Å². The Morgan fingerprint density at radius 2 is 0.787 bits per heavy atom. The van der Waals surface area contributed by atoms with Crippen LogP contribution >= 0.6 is 11.6 Å². The molecule has 384 valence electrons. The van der Waals surface area contributed by atoms with Crippen molar-refractivity contribution >= 4 is 96.2 Å². The van der Waals surface area contributed by atoms with Gasteiger partial charge in [-0.2, -0.15) is 0 Å². The number of anilines is 6. The van der Waals surface area contributed by atoms with Crippen LogP contribution in [0, 0.1) is 11.6 Å². The molecule has 21 heteroatoms. The Hall–Kier alpha value is -9.69. The fraction of sp³-hybridized carbons (Fsp3) is 0.111. The van der Waals surface area contributed by atoms with E-state index < -0.39 is 29.4 Å². The molecule has 0 atom stereocenters. The molecule has 0 unspecified atom stereocenters. The number of aromatic nitrogens is 3. The van der Waals surface area contributed by atoms with Crippen LogP contribution in [0.2, 0.25) is 5.02 Å². The Morgan fingerprint density at radius 3 is 1.15 bits per heavy atom. The third kappa shape index (κ3) is 11.8. The zero-order valence-corrected chi connectivity index (χ0v) is 41.8. The molecule has 0 aliphatic carbocycles. The number of halogens is 3. The van der Waals surface area contributed by atoms with Gasteiger partial charge in [0, 0.05) is 63.7 Å². The summed E-state index contributed by atoms with van der Waals surface area (Å²) in [4.78, 5) is 48.3. The Kier molecular flexibility index (Phi) is 16.8. The molecule has 75 heavy (non-hydrogen) atoms. The molecule has 18 nitrogen and oxygen atoms in total. The number of methoxy groups -OCH3 is 6. The summed E-state index contributed by atoms with van der Waals surface area (Å²) < 4.78 is 60.0. The molecule has 9 rings (SSSR count). The van der Waals surface area contributed by atoms with Gasteiger partial charge in [-0.15, -0.1) is 0 Å². The van der Waals surface area contributed by atoms with Crippen LogP contribution in [0.25, 0.3) is 32.7 Å². The summed E-state index contributed by atoms with van der Waals surface area (Å²) in [5, 5.41) is 11.1. The topological polar surface area (TPSA) is 259 Å². The average Bonchev–Trinajstić information content (AvgIpc) is 3.41. The number of pyridine rings is 3. The Balaban J connectivity index is 0.000000164. The Morgan fingerprint density at radius 1 is 0.440 bits per heavy atom. The second kappa shape index (κ2) is 23.7. The molecule has 0 aliphatic heterocycles. The molecule has 3 heterocycles. The van der Waals surface area contributed by atoms with Gasteiger partial charge in [-0.1, -0.05) is 41.9 Å². The summed E-state index contributed by atoms with van der Waals surface area (Å²) in [6.07, 6.45) is 4.13. The lowest BCUT2D eigenvalue weighted by Gasteiger charge is -2.16. The van der Waals surface area contributed by atoms with E-state index in [1.165, 1.54) is 71.3 Å². The van der Waals surface area contributed by atoms with E-state index in [2.05, 4.69) is 30.9 Å². The Bertz CT molecular complexity index is 3610. The zero-order valence-electron chi connectivity index (χ0n) is 41.0. The van der Waals surface area contributed by atoms with Crippen LogP contribution in [-0.2, 0) is 0 Å². The number of para-hydroxylation sites is 2. The van der Waals surface area contributed by atoms with Crippen molar-refractivity contribution in [1.82, 2.24) is 15.0 Å². The van der Waals surface area contributed by atoms with Crippen LogP contribution < -0.4 is 61.6 Å². The van der Waals surface area contributed by atoms with Crippen molar-refractivity contribution in [3.05, 3.63) is 161 Å². The van der Waals surface area contributed by atoms with Crippen LogP contribution in [0.1, 0.15) is 31.1 Å². The molecule has 9 N–H and O–H groups in total. The third-order valence-corrected chi connectivity index (χ3v) is 11.5. The number of hydrogen-bond donors (Lipinski definition) is 6. The SMILES string of the molecule is COc1cc2ncc(C(N)=O)c(Nc3ccc(Cl)cc3F)c2cc1OC.COc1cc2ncc(C(N)=O)c(Nc3ccccc3)c2cc1OC.COc1cc2ncc(C(N)=O)c(Nc3ccccc3F)c2cc1OC. The normalized spacial score (nSPS) is 10.5. The molecule has 0 fully saturated rings. The first kappa shape index (κ1) is 53.1. The molecule has 3 aromatic heterocycles. The lowest BCUT2D eigenvalue weighted by atomic mass is 10.1. The van der Waals surface area contributed by atoms with E-state index in [1.54, 1.807) is 68.8 Å². The second-order valence-corrected chi connectivity index (χ2v) is 16.2. The van der Waals surface area contributed by atoms with E-state index in [-0.39, 0.29) is 27.5 Å². The average molecular weight is 1040 g/mol. The minimum absolute atomic E-state index is 0.110. The largest absolute Gasteiger partial charge is 0.493 e. The highest BCUT2D eigenvalue weighted by molar-refractivity contribution is 6.30. The fourth-order valence-corrected chi connectivity index (χ4v) is 7.77. The van der Waals surface area contributed by atoms with Gasteiger partial charge < -0.3 is 61.6 Å². The molecule has 3 amide bonds. The number of carbonyl (C=O) groups excluding carboxylic acids is 3. The monoisotopic (exact) mass is 1040 g/mol. The van der Waals surface area contributed by atoms with Gasteiger partial charge in [-0.05, 0) is 60.7 Å². The summed E-state index contributed by atoms with van der Waals surface area (Å²) in [7, 11) is 9.12. The highest BCUT2D eigenvalue weighted by Crippen LogP contribution is 2.40. The number of ether oxygens (including phenoxy) is 6. The molecule has 0 radical (unpaired) electrons. The Labute approximate surface area is 432 Å². The van der Waals surface area contributed by atoms with E-state index in [4.69, 9.17) is 57.2 Å². The summed E-state index contributed by atoms with van der Waals surface area (Å²) in [5.41, 5.74) is 21.1. The second-order valence-electron chi connectivity index (χ2n) is 15.8. The summed E-state index contributed by atoms with van der Waals surface area (Å²) in [6.45, 7) is 0. The zero-order chi connectivity index (χ0) is 53.9. The van der Waals surface area contributed by atoms with E-state index in [0.717, 1.165) is 5.69 Å². The lowest BCUT2D eigenvalue weighted by molar-refractivity contribution is 0.0992. The first-order valence-corrected chi connectivity index (χ1v) is 22.6. The van der Waals surface area contributed by atoms with Crippen molar-refractivity contribution in [2.45, 2.75) is 0 Å². The number of carbonyl (C=O) groups is 3. The number of fused-ring (bicyclic) bond motifs is 3. The van der Waals surface area contributed by atoms with Crippen molar-refractivity contribution in [3.8, 4) is 34.5 Å². The molecule has 9 aromatic rings. The maximum atomic E-state index is 14.2. The molecule has 0 saturated heterocycles. The number of rotatable bonds is 15. The third-order valence-electron chi connectivity index (χ3n) is 11.3. The van der Waals surface area contributed by atoms with E-state index >= 15 is 0 Å². The molecule has 0 spiro atoms. The predicted molar refractivity (Wildman–Crippen MR) is 284 cm³/mol. The van der Waals surface area contributed by atoms with Gasteiger partial charge in [0.25, 0.3) is 17.7 Å². The molecule has 0 saturated carbocycles. The number of nitrogens with zero attached hydrogens (tertiary/aromatic N) is 3. The number of benzene rings is 6. The molecular formula is C54H48ClF2N9O9. The summed E-state index contributed by atoms with van der Waals surface area (Å²) >= 11 is 5.79. The van der Waals surface area contributed by atoms with Crippen LogP contribution in [0.5, 0.6) is 34.5 Å². The van der Waals surface area contributed by atoms with Gasteiger partial charge in [0.2, 0.25) is 0 Å². The van der Waals surface area contributed by atoms with Gasteiger partial charge in [-0.25, -0.2) is 8.78 Å². The maximum Gasteiger partial charge on any atom is 0.252 e. The minimum atomic E-state index is -0.703.